The summed E-state index contributed by atoms with van der Waals surface area (Å²) in [4.78, 5) is 40.2. The molecule has 0 fully saturated rings. The zero-order valence-electron chi connectivity index (χ0n) is 20.3. The first-order valence-corrected chi connectivity index (χ1v) is 12.7. The molecule has 3 N–H and O–H groups in total. The third-order valence-electron chi connectivity index (χ3n) is 6.28. The van der Waals surface area contributed by atoms with E-state index in [2.05, 4.69) is 26.6 Å². The summed E-state index contributed by atoms with van der Waals surface area (Å²) in [6.07, 6.45) is -0.555. The molecule has 0 saturated heterocycles. The number of rotatable bonds is 8. The quantitative estimate of drug-likeness (QED) is 0.370. The number of carboxylic acid groups (broad SMARTS) is 1. The van der Waals surface area contributed by atoms with E-state index in [1.807, 2.05) is 60.7 Å². The van der Waals surface area contributed by atoms with Gasteiger partial charge in [0.1, 0.15) is 12.1 Å². The van der Waals surface area contributed by atoms with E-state index >= 15 is 0 Å². The molecule has 1 aliphatic heterocycles. The second-order valence-electron chi connectivity index (χ2n) is 8.88. The molecule has 3 aromatic carbocycles. The second-order valence-corrected chi connectivity index (χ2v) is 9.80. The van der Waals surface area contributed by atoms with Gasteiger partial charge in [-0.1, -0.05) is 76.6 Å². The maximum Gasteiger partial charge on any atom is 0.326 e. The predicted octanol–water partition coefficient (Wildman–Crippen LogP) is 4.58. The van der Waals surface area contributed by atoms with Crippen LogP contribution in [0.5, 0.6) is 0 Å². The number of anilines is 1. The standard InChI is InChI=1S/C28H28BrN3O5/c1-18(37-17-19-8-3-2-4-9-19)25(31-28(36)30-23-13-7-12-22(29)15-23)26(33)32-16-21-11-6-5-10-20(21)14-24(32)27(34)35/h2-13,15,18,24-25H,14,16-17H2,1H3,(H,34,35)(H2,30,31,36)/t18-,24-,25+/m1/s1. The smallest absolute Gasteiger partial charge is 0.326 e. The van der Waals surface area contributed by atoms with Gasteiger partial charge in [0.25, 0.3) is 0 Å². The number of carbonyl (C=O) groups excluding carboxylic acids is 2. The molecule has 8 nitrogen and oxygen atoms in total. The predicted molar refractivity (Wildman–Crippen MR) is 143 cm³/mol. The van der Waals surface area contributed by atoms with Gasteiger partial charge in [0.2, 0.25) is 5.91 Å². The highest BCUT2D eigenvalue weighted by atomic mass is 79.9. The van der Waals surface area contributed by atoms with Crippen LogP contribution in [0.25, 0.3) is 0 Å². The number of benzene rings is 3. The average Bonchev–Trinajstić information content (AvgIpc) is 2.89. The van der Waals surface area contributed by atoms with Crippen molar-refractivity contribution in [3.63, 3.8) is 0 Å². The van der Waals surface area contributed by atoms with E-state index in [0.29, 0.717) is 5.69 Å². The van der Waals surface area contributed by atoms with Crippen LogP contribution in [0.3, 0.4) is 0 Å². The number of fused-ring (bicyclic) bond motifs is 1. The van der Waals surface area contributed by atoms with Crippen LogP contribution < -0.4 is 10.6 Å². The SMILES string of the molecule is C[C@@H](OCc1ccccc1)[C@H](NC(=O)Nc1cccc(Br)c1)C(=O)N1Cc2ccccc2C[C@@H]1C(=O)O. The van der Waals surface area contributed by atoms with Crippen LogP contribution in [0.2, 0.25) is 0 Å². The number of hydrogen-bond donors (Lipinski definition) is 3. The number of urea groups is 1. The topological polar surface area (TPSA) is 108 Å². The molecule has 0 aliphatic carbocycles. The number of amides is 3. The molecule has 9 heteroatoms. The van der Waals surface area contributed by atoms with Crippen LogP contribution in [0.4, 0.5) is 10.5 Å². The molecule has 37 heavy (non-hydrogen) atoms. The summed E-state index contributed by atoms with van der Waals surface area (Å²) in [5.74, 6) is -1.62. The Labute approximate surface area is 223 Å². The van der Waals surface area contributed by atoms with Crippen molar-refractivity contribution in [2.45, 2.75) is 44.7 Å². The average molecular weight is 566 g/mol. The van der Waals surface area contributed by atoms with Crippen LogP contribution in [-0.2, 0) is 33.9 Å². The van der Waals surface area contributed by atoms with Gasteiger partial charge in [-0.15, -0.1) is 0 Å². The molecule has 1 heterocycles. The lowest BCUT2D eigenvalue weighted by Crippen LogP contribution is -2.59. The molecule has 3 amide bonds. The number of nitrogens with one attached hydrogen (secondary N) is 2. The van der Waals surface area contributed by atoms with Gasteiger partial charge < -0.3 is 25.4 Å². The van der Waals surface area contributed by atoms with Gasteiger partial charge >= 0.3 is 12.0 Å². The Morgan fingerprint density at radius 2 is 1.73 bits per heavy atom. The molecule has 192 valence electrons. The lowest BCUT2D eigenvalue weighted by Gasteiger charge is -2.38. The lowest BCUT2D eigenvalue weighted by atomic mass is 9.93. The Balaban J connectivity index is 1.57. The van der Waals surface area contributed by atoms with Crippen LogP contribution in [0.15, 0.2) is 83.3 Å². The molecule has 0 radical (unpaired) electrons. The van der Waals surface area contributed by atoms with Crippen molar-refractivity contribution in [2.24, 2.45) is 0 Å². The van der Waals surface area contributed by atoms with Gasteiger partial charge in [0.15, 0.2) is 0 Å². The highest BCUT2D eigenvalue weighted by molar-refractivity contribution is 9.10. The highest BCUT2D eigenvalue weighted by Gasteiger charge is 2.40. The van der Waals surface area contributed by atoms with Crippen molar-refractivity contribution in [1.82, 2.24) is 10.2 Å². The zero-order chi connectivity index (χ0) is 26.4. The first-order valence-electron chi connectivity index (χ1n) is 11.9. The van der Waals surface area contributed by atoms with Crippen molar-refractivity contribution in [2.75, 3.05) is 5.32 Å². The van der Waals surface area contributed by atoms with Crippen LogP contribution in [-0.4, -0.2) is 46.1 Å². The van der Waals surface area contributed by atoms with Crippen molar-refractivity contribution >= 4 is 39.5 Å². The van der Waals surface area contributed by atoms with E-state index in [-0.39, 0.29) is 19.6 Å². The first-order chi connectivity index (χ1) is 17.8. The summed E-state index contributed by atoms with van der Waals surface area (Å²) in [5.41, 5.74) is 3.22. The van der Waals surface area contributed by atoms with E-state index < -0.39 is 36.1 Å². The van der Waals surface area contributed by atoms with Crippen molar-refractivity contribution < 1.29 is 24.2 Å². The Kier molecular flexibility index (Phi) is 8.58. The van der Waals surface area contributed by atoms with Crippen LogP contribution in [0.1, 0.15) is 23.6 Å². The molecule has 4 rings (SSSR count). The minimum absolute atomic E-state index is 0.128. The fraction of sp³-hybridized carbons (Fsp3) is 0.250. The van der Waals surface area contributed by atoms with Crippen LogP contribution in [0, 0.1) is 0 Å². The zero-order valence-corrected chi connectivity index (χ0v) is 21.9. The van der Waals surface area contributed by atoms with Crippen LogP contribution >= 0.6 is 15.9 Å². The number of aliphatic carboxylic acids is 1. The molecule has 0 unspecified atom stereocenters. The molecule has 3 aromatic rings. The van der Waals surface area contributed by atoms with Gasteiger partial charge in [-0.25, -0.2) is 9.59 Å². The van der Waals surface area contributed by atoms with Gasteiger partial charge in [-0.3, -0.25) is 4.79 Å². The highest BCUT2D eigenvalue weighted by Crippen LogP contribution is 2.25. The molecule has 1 aliphatic rings. The summed E-state index contributed by atoms with van der Waals surface area (Å²) in [6, 6.07) is 21.2. The molecule has 0 aromatic heterocycles. The van der Waals surface area contributed by atoms with E-state index in [9.17, 15) is 19.5 Å². The number of carboxylic acids is 1. The van der Waals surface area contributed by atoms with E-state index in [0.717, 1.165) is 21.2 Å². The third kappa shape index (κ3) is 6.75. The van der Waals surface area contributed by atoms with Crippen molar-refractivity contribution in [1.29, 1.82) is 0 Å². The number of hydrogen-bond acceptors (Lipinski definition) is 4. The minimum atomic E-state index is -1.12. The Morgan fingerprint density at radius 1 is 1.03 bits per heavy atom. The Hall–Kier alpha value is -3.69. The normalized spacial score (nSPS) is 16.3. The number of halogens is 1. The van der Waals surface area contributed by atoms with Gasteiger partial charge in [0, 0.05) is 23.1 Å². The number of carbonyl (C=O) groups is 3. The Bertz CT molecular complexity index is 1270. The van der Waals surface area contributed by atoms with Gasteiger partial charge in [-0.2, -0.15) is 0 Å². The molecular formula is C28H28BrN3O5. The summed E-state index contributed by atoms with van der Waals surface area (Å²) in [6.45, 7) is 2.05. The molecule has 0 saturated carbocycles. The summed E-state index contributed by atoms with van der Waals surface area (Å²) >= 11 is 3.37. The van der Waals surface area contributed by atoms with E-state index in [4.69, 9.17) is 4.74 Å². The maximum atomic E-state index is 13.9. The monoisotopic (exact) mass is 565 g/mol. The molecule has 0 spiro atoms. The minimum Gasteiger partial charge on any atom is -0.480 e. The summed E-state index contributed by atoms with van der Waals surface area (Å²) in [7, 11) is 0. The molecule has 0 bridgehead atoms. The largest absolute Gasteiger partial charge is 0.480 e. The fourth-order valence-electron chi connectivity index (χ4n) is 4.31. The number of ether oxygens (including phenoxy) is 1. The second kappa shape index (κ2) is 12.0. The van der Waals surface area contributed by atoms with E-state index in [1.54, 1.807) is 25.1 Å². The van der Waals surface area contributed by atoms with Crippen molar-refractivity contribution in [3.05, 3.63) is 100 Å². The Morgan fingerprint density at radius 3 is 2.43 bits per heavy atom. The number of nitrogens with zero attached hydrogens (tertiary/aromatic N) is 1. The summed E-state index contributed by atoms with van der Waals surface area (Å²) < 4.78 is 6.78. The van der Waals surface area contributed by atoms with E-state index in [1.165, 1.54) is 4.90 Å². The van der Waals surface area contributed by atoms with Crippen molar-refractivity contribution in [3.8, 4) is 0 Å². The fourth-order valence-corrected chi connectivity index (χ4v) is 4.71. The summed E-state index contributed by atoms with van der Waals surface area (Å²) in [5, 5.41) is 15.4. The third-order valence-corrected chi connectivity index (χ3v) is 6.77. The lowest BCUT2D eigenvalue weighted by molar-refractivity contribution is -0.154. The maximum absolute atomic E-state index is 13.9. The van der Waals surface area contributed by atoms with Gasteiger partial charge in [0.05, 0.1) is 12.7 Å². The van der Waals surface area contributed by atoms with Gasteiger partial charge in [-0.05, 0) is 41.8 Å². The molecule has 3 atom stereocenters. The molecular weight excluding hydrogens is 538 g/mol. The first kappa shape index (κ1) is 26.4.